The van der Waals surface area contributed by atoms with Crippen LogP contribution in [0.4, 0.5) is 10.1 Å². The Morgan fingerprint density at radius 2 is 2.19 bits per heavy atom. The molecule has 5 nitrogen and oxygen atoms in total. The highest BCUT2D eigenvalue weighted by atomic mass is 32.1. The summed E-state index contributed by atoms with van der Waals surface area (Å²) < 4.78 is 13.9. The summed E-state index contributed by atoms with van der Waals surface area (Å²) in [5.74, 6) is -0.953. The molecule has 1 amide bonds. The number of amides is 1. The van der Waals surface area contributed by atoms with Crippen LogP contribution >= 0.6 is 12.2 Å². The predicted octanol–water partition coefficient (Wildman–Crippen LogP) is 1.42. The van der Waals surface area contributed by atoms with Crippen LogP contribution in [-0.2, 0) is 11.2 Å². The lowest BCUT2D eigenvalue weighted by Gasteiger charge is -2.27. The first-order chi connectivity index (χ1) is 9.81. The fourth-order valence-corrected chi connectivity index (χ4v) is 2.71. The Labute approximate surface area is 127 Å². The molecule has 0 bridgehead atoms. The van der Waals surface area contributed by atoms with E-state index in [0.29, 0.717) is 29.5 Å². The number of thiocarbonyl (C=S) groups is 1. The summed E-state index contributed by atoms with van der Waals surface area (Å²) in [6.45, 7) is 2.98. The van der Waals surface area contributed by atoms with Crippen molar-refractivity contribution in [1.82, 2.24) is 5.32 Å². The fraction of sp³-hybridized carbons (Fsp3) is 0.357. The van der Waals surface area contributed by atoms with Gasteiger partial charge in [-0.1, -0.05) is 0 Å². The molecule has 1 aliphatic carbocycles. The van der Waals surface area contributed by atoms with E-state index in [-0.39, 0.29) is 22.5 Å². The molecule has 7 heteroatoms. The molecular weight excluding hydrogens is 293 g/mol. The highest BCUT2D eigenvalue weighted by Crippen LogP contribution is 2.32. The number of carbonyl (C=O) groups excluding carboxylic acids is 2. The van der Waals surface area contributed by atoms with Crippen LogP contribution in [0.3, 0.4) is 0 Å². The predicted molar refractivity (Wildman–Crippen MR) is 81.8 cm³/mol. The van der Waals surface area contributed by atoms with Gasteiger partial charge in [0.15, 0.2) is 10.9 Å². The van der Waals surface area contributed by atoms with Gasteiger partial charge >= 0.3 is 0 Å². The zero-order valence-corrected chi connectivity index (χ0v) is 12.6. The minimum Gasteiger partial charge on any atom is -0.376 e. The molecule has 1 aliphatic rings. The van der Waals surface area contributed by atoms with Crippen molar-refractivity contribution >= 4 is 34.7 Å². The first kappa shape index (κ1) is 15.4. The number of hydrogen-bond acceptors (Lipinski definition) is 3. The third kappa shape index (κ3) is 3.02. The van der Waals surface area contributed by atoms with Gasteiger partial charge in [0.05, 0.1) is 11.7 Å². The van der Waals surface area contributed by atoms with Crippen molar-refractivity contribution in [3.05, 3.63) is 28.6 Å². The van der Waals surface area contributed by atoms with Crippen LogP contribution in [0, 0.1) is 12.7 Å². The third-order valence-corrected chi connectivity index (χ3v) is 3.64. The van der Waals surface area contributed by atoms with Crippen molar-refractivity contribution in [1.29, 1.82) is 0 Å². The number of anilines is 1. The Balaban J connectivity index is 2.53. The highest BCUT2D eigenvalue weighted by Gasteiger charge is 2.32. The number of rotatable bonds is 2. The molecule has 1 unspecified atom stereocenters. The van der Waals surface area contributed by atoms with Crippen LogP contribution in [0.2, 0.25) is 0 Å². The van der Waals surface area contributed by atoms with E-state index in [2.05, 4.69) is 10.6 Å². The standard InChI is InChI=1S/C14H16FN3O2S/c1-6-8-3-4-10(17-7(2)19)13(20)12(8)11(5-9(6)15)18-14(16)21/h5,10H,3-4H2,1-2H3,(H,17,19)(H3,16,18,21). The Kier molecular flexibility index (Phi) is 4.22. The van der Waals surface area contributed by atoms with E-state index >= 15 is 0 Å². The normalized spacial score (nSPS) is 17.1. The number of nitrogens with two attached hydrogens (primary N) is 1. The van der Waals surface area contributed by atoms with E-state index < -0.39 is 11.9 Å². The van der Waals surface area contributed by atoms with E-state index in [1.165, 1.54) is 13.0 Å². The molecule has 0 saturated heterocycles. The molecule has 0 spiro atoms. The van der Waals surface area contributed by atoms with Gasteiger partial charge in [-0.15, -0.1) is 0 Å². The molecule has 112 valence electrons. The second-order valence-electron chi connectivity index (χ2n) is 5.03. The molecule has 1 aromatic rings. The number of ketones is 1. The smallest absolute Gasteiger partial charge is 0.217 e. The van der Waals surface area contributed by atoms with Crippen molar-refractivity contribution in [2.75, 3.05) is 5.32 Å². The van der Waals surface area contributed by atoms with Crippen LogP contribution in [0.5, 0.6) is 0 Å². The largest absolute Gasteiger partial charge is 0.376 e. The molecule has 0 radical (unpaired) electrons. The van der Waals surface area contributed by atoms with Gasteiger partial charge in [0, 0.05) is 12.5 Å². The van der Waals surface area contributed by atoms with Crippen LogP contribution in [-0.4, -0.2) is 22.8 Å². The van der Waals surface area contributed by atoms with Crippen molar-refractivity contribution in [3.63, 3.8) is 0 Å². The van der Waals surface area contributed by atoms with Gasteiger partial charge in [0.25, 0.3) is 0 Å². The molecular formula is C14H16FN3O2S. The van der Waals surface area contributed by atoms with Gasteiger partial charge < -0.3 is 16.4 Å². The van der Waals surface area contributed by atoms with E-state index in [0.717, 1.165) is 0 Å². The third-order valence-electron chi connectivity index (χ3n) is 3.53. The van der Waals surface area contributed by atoms with E-state index in [1.54, 1.807) is 6.92 Å². The first-order valence-electron chi connectivity index (χ1n) is 6.51. The molecule has 21 heavy (non-hydrogen) atoms. The lowest BCUT2D eigenvalue weighted by atomic mass is 9.83. The molecule has 2 rings (SSSR count). The quantitative estimate of drug-likeness (QED) is 0.720. The first-order valence-corrected chi connectivity index (χ1v) is 6.91. The minimum absolute atomic E-state index is 0.0464. The highest BCUT2D eigenvalue weighted by molar-refractivity contribution is 7.80. The number of nitrogens with one attached hydrogen (secondary N) is 2. The second kappa shape index (κ2) is 5.77. The van der Waals surface area contributed by atoms with Crippen LogP contribution < -0.4 is 16.4 Å². The van der Waals surface area contributed by atoms with Crippen LogP contribution in [0.15, 0.2) is 6.07 Å². The fourth-order valence-electron chi connectivity index (χ4n) is 2.60. The van der Waals surface area contributed by atoms with Crippen molar-refractivity contribution in [2.24, 2.45) is 5.73 Å². The summed E-state index contributed by atoms with van der Waals surface area (Å²) in [5.41, 5.74) is 7.10. The Bertz CT molecular complexity index is 646. The number of hydrogen-bond donors (Lipinski definition) is 3. The molecule has 0 saturated carbocycles. The number of carbonyl (C=O) groups is 2. The SMILES string of the molecule is CC(=O)NC1CCc2c(C)c(F)cc(NC(N)=S)c2C1=O. The van der Waals surface area contributed by atoms with Crippen molar-refractivity contribution < 1.29 is 14.0 Å². The molecule has 1 atom stereocenters. The Morgan fingerprint density at radius 1 is 1.52 bits per heavy atom. The molecule has 4 N–H and O–H groups in total. The van der Waals surface area contributed by atoms with Gasteiger partial charge in [-0.2, -0.15) is 0 Å². The molecule has 1 aromatic carbocycles. The average Bonchev–Trinajstić information content (AvgIpc) is 2.37. The van der Waals surface area contributed by atoms with Crippen LogP contribution in [0.25, 0.3) is 0 Å². The Morgan fingerprint density at radius 3 is 2.76 bits per heavy atom. The molecule has 0 heterocycles. The average molecular weight is 309 g/mol. The molecule has 0 fully saturated rings. The summed E-state index contributed by atoms with van der Waals surface area (Å²) in [5, 5.41) is 5.21. The van der Waals surface area contributed by atoms with Crippen molar-refractivity contribution in [2.45, 2.75) is 32.7 Å². The van der Waals surface area contributed by atoms with Crippen LogP contribution in [0.1, 0.15) is 34.8 Å². The maximum atomic E-state index is 13.9. The van der Waals surface area contributed by atoms with E-state index in [1.807, 2.05) is 0 Å². The molecule has 0 aliphatic heterocycles. The van der Waals surface area contributed by atoms with Gasteiger partial charge in [0.2, 0.25) is 5.91 Å². The van der Waals surface area contributed by atoms with Gasteiger partial charge in [-0.05, 0) is 49.2 Å². The van der Waals surface area contributed by atoms with Crippen molar-refractivity contribution in [3.8, 4) is 0 Å². The molecule has 0 aromatic heterocycles. The minimum atomic E-state index is -0.605. The number of halogens is 1. The summed E-state index contributed by atoms with van der Waals surface area (Å²) >= 11 is 4.76. The van der Waals surface area contributed by atoms with E-state index in [4.69, 9.17) is 18.0 Å². The summed E-state index contributed by atoms with van der Waals surface area (Å²) in [4.78, 5) is 23.7. The maximum absolute atomic E-state index is 13.9. The number of benzene rings is 1. The number of fused-ring (bicyclic) bond motifs is 1. The Hall–Kier alpha value is -2.02. The monoisotopic (exact) mass is 309 g/mol. The summed E-state index contributed by atoms with van der Waals surface area (Å²) in [7, 11) is 0. The second-order valence-corrected chi connectivity index (χ2v) is 5.47. The van der Waals surface area contributed by atoms with E-state index in [9.17, 15) is 14.0 Å². The number of Topliss-reactive ketones (excluding diaryl/α,β-unsaturated/α-hetero) is 1. The van der Waals surface area contributed by atoms with Gasteiger partial charge in [-0.3, -0.25) is 9.59 Å². The van der Waals surface area contributed by atoms with Gasteiger partial charge in [-0.25, -0.2) is 4.39 Å². The maximum Gasteiger partial charge on any atom is 0.217 e. The summed E-state index contributed by atoms with van der Waals surface area (Å²) in [6.07, 6.45) is 0.948. The lowest BCUT2D eigenvalue weighted by molar-refractivity contribution is -0.119. The summed E-state index contributed by atoms with van der Waals surface area (Å²) in [6, 6.07) is 0.605. The van der Waals surface area contributed by atoms with Gasteiger partial charge in [0.1, 0.15) is 5.82 Å². The topological polar surface area (TPSA) is 84.2 Å². The zero-order valence-electron chi connectivity index (χ0n) is 11.7. The lowest BCUT2D eigenvalue weighted by Crippen LogP contribution is -2.43. The zero-order chi connectivity index (χ0) is 15.7.